The summed E-state index contributed by atoms with van der Waals surface area (Å²) in [6, 6.07) is 11.2. The maximum atomic E-state index is 12.0. The number of amides is 1. The lowest BCUT2D eigenvalue weighted by Gasteiger charge is -2.18. The first-order valence-corrected chi connectivity index (χ1v) is 6.81. The minimum Gasteiger partial charge on any atom is -0.267 e. The highest BCUT2D eigenvalue weighted by atomic mass is 16.2. The first-order valence-electron chi connectivity index (χ1n) is 6.81. The zero-order valence-electron chi connectivity index (χ0n) is 12.5. The molecular formula is C17H19N3O. The highest BCUT2D eigenvalue weighted by molar-refractivity contribution is 5.94. The number of hydrogen-bond donors (Lipinski definition) is 1. The summed E-state index contributed by atoms with van der Waals surface area (Å²) in [6.45, 7) is 6.42. The Morgan fingerprint density at radius 2 is 1.71 bits per heavy atom. The second kappa shape index (κ2) is 6.31. The second-order valence-corrected chi connectivity index (χ2v) is 5.81. The van der Waals surface area contributed by atoms with E-state index in [1.165, 1.54) is 5.56 Å². The molecule has 1 heterocycles. The molecule has 1 aromatic carbocycles. The largest absolute Gasteiger partial charge is 0.271 e. The van der Waals surface area contributed by atoms with Crippen LogP contribution in [0.3, 0.4) is 0 Å². The average molecular weight is 281 g/mol. The first kappa shape index (κ1) is 14.9. The SMILES string of the molecule is CC(C)(C)c1ccc(C(=O)N/N=C\c2ccncc2)cc1. The Hall–Kier alpha value is -2.49. The third kappa shape index (κ3) is 4.24. The molecule has 0 saturated carbocycles. The number of benzene rings is 1. The van der Waals surface area contributed by atoms with Crippen molar-refractivity contribution in [2.24, 2.45) is 5.10 Å². The van der Waals surface area contributed by atoms with E-state index in [1.54, 1.807) is 18.6 Å². The lowest BCUT2D eigenvalue weighted by atomic mass is 9.87. The lowest BCUT2D eigenvalue weighted by Crippen LogP contribution is -2.18. The molecule has 0 unspecified atom stereocenters. The summed E-state index contributed by atoms with van der Waals surface area (Å²) in [5.74, 6) is -0.222. The van der Waals surface area contributed by atoms with Gasteiger partial charge in [-0.3, -0.25) is 9.78 Å². The van der Waals surface area contributed by atoms with Crippen LogP contribution in [0.15, 0.2) is 53.9 Å². The summed E-state index contributed by atoms with van der Waals surface area (Å²) in [4.78, 5) is 15.9. The molecule has 0 spiro atoms. The lowest BCUT2D eigenvalue weighted by molar-refractivity contribution is 0.0955. The minimum atomic E-state index is -0.222. The van der Waals surface area contributed by atoms with Crippen LogP contribution in [0, 0.1) is 0 Å². The zero-order valence-corrected chi connectivity index (χ0v) is 12.5. The highest BCUT2D eigenvalue weighted by Gasteiger charge is 2.13. The number of pyridine rings is 1. The number of hydrazone groups is 1. The topological polar surface area (TPSA) is 54.4 Å². The second-order valence-electron chi connectivity index (χ2n) is 5.81. The van der Waals surface area contributed by atoms with E-state index >= 15 is 0 Å². The van der Waals surface area contributed by atoms with Crippen molar-refractivity contribution in [1.82, 2.24) is 10.4 Å². The van der Waals surface area contributed by atoms with Crippen molar-refractivity contribution in [1.29, 1.82) is 0 Å². The fourth-order valence-corrected chi connectivity index (χ4v) is 1.80. The molecule has 1 aromatic heterocycles. The Bertz CT molecular complexity index is 625. The van der Waals surface area contributed by atoms with Gasteiger partial charge < -0.3 is 0 Å². The van der Waals surface area contributed by atoms with Crippen molar-refractivity contribution in [3.05, 3.63) is 65.5 Å². The fraction of sp³-hybridized carbons (Fsp3) is 0.235. The molecule has 0 aliphatic carbocycles. The van der Waals surface area contributed by atoms with E-state index in [-0.39, 0.29) is 11.3 Å². The van der Waals surface area contributed by atoms with Gasteiger partial charge in [-0.15, -0.1) is 0 Å². The number of carbonyl (C=O) groups excluding carboxylic acids is 1. The molecular weight excluding hydrogens is 262 g/mol. The van der Waals surface area contributed by atoms with Crippen molar-refractivity contribution in [3.63, 3.8) is 0 Å². The Morgan fingerprint density at radius 3 is 2.29 bits per heavy atom. The smallest absolute Gasteiger partial charge is 0.267 e. The Balaban J connectivity index is 1.99. The van der Waals surface area contributed by atoms with Crippen LogP contribution in [-0.2, 0) is 5.41 Å². The quantitative estimate of drug-likeness (QED) is 0.694. The molecule has 1 amide bonds. The van der Waals surface area contributed by atoms with Crippen LogP contribution >= 0.6 is 0 Å². The summed E-state index contributed by atoms with van der Waals surface area (Å²) in [7, 11) is 0. The summed E-state index contributed by atoms with van der Waals surface area (Å²) >= 11 is 0. The van der Waals surface area contributed by atoms with E-state index in [2.05, 4.69) is 36.3 Å². The molecule has 0 fully saturated rings. The Labute approximate surface area is 124 Å². The normalized spacial score (nSPS) is 11.6. The number of carbonyl (C=O) groups is 1. The van der Waals surface area contributed by atoms with Gasteiger partial charge in [-0.05, 0) is 40.8 Å². The maximum Gasteiger partial charge on any atom is 0.271 e. The van der Waals surface area contributed by atoms with Crippen molar-refractivity contribution in [3.8, 4) is 0 Å². The predicted molar refractivity (Wildman–Crippen MR) is 84.4 cm³/mol. The number of hydrogen-bond acceptors (Lipinski definition) is 3. The van der Waals surface area contributed by atoms with Gasteiger partial charge in [0.1, 0.15) is 0 Å². The van der Waals surface area contributed by atoms with Crippen molar-refractivity contribution >= 4 is 12.1 Å². The Morgan fingerprint density at radius 1 is 1.10 bits per heavy atom. The van der Waals surface area contributed by atoms with Crippen LogP contribution in [0.4, 0.5) is 0 Å². The summed E-state index contributed by atoms with van der Waals surface area (Å²) in [5.41, 5.74) is 5.26. The molecule has 2 rings (SSSR count). The fourth-order valence-electron chi connectivity index (χ4n) is 1.80. The van der Waals surface area contributed by atoms with E-state index in [4.69, 9.17) is 0 Å². The monoisotopic (exact) mass is 281 g/mol. The van der Waals surface area contributed by atoms with Crippen molar-refractivity contribution in [2.45, 2.75) is 26.2 Å². The van der Waals surface area contributed by atoms with Gasteiger partial charge >= 0.3 is 0 Å². The van der Waals surface area contributed by atoms with Gasteiger partial charge in [0.25, 0.3) is 5.91 Å². The minimum absolute atomic E-state index is 0.0779. The van der Waals surface area contributed by atoms with Gasteiger partial charge in [0.15, 0.2) is 0 Å². The van der Waals surface area contributed by atoms with E-state index < -0.39 is 0 Å². The van der Waals surface area contributed by atoms with Gasteiger partial charge in [0.05, 0.1) is 6.21 Å². The van der Waals surface area contributed by atoms with E-state index in [9.17, 15) is 4.79 Å². The van der Waals surface area contributed by atoms with Gasteiger partial charge in [0.2, 0.25) is 0 Å². The number of nitrogens with one attached hydrogen (secondary N) is 1. The molecule has 108 valence electrons. The third-order valence-electron chi connectivity index (χ3n) is 3.10. The van der Waals surface area contributed by atoms with Crippen LogP contribution in [0.5, 0.6) is 0 Å². The maximum absolute atomic E-state index is 12.0. The number of rotatable bonds is 3. The van der Waals surface area contributed by atoms with Crippen LogP contribution < -0.4 is 5.43 Å². The highest BCUT2D eigenvalue weighted by Crippen LogP contribution is 2.22. The summed E-state index contributed by atoms with van der Waals surface area (Å²) < 4.78 is 0. The Kier molecular flexibility index (Phi) is 4.48. The molecule has 4 nitrogen and oxygen atoms in total. The number of nitrogens with zero attached hydrogens (tertiary/aromatic N) is 2. The molecule has 2 aromatic rings. The van der Waals surface area contributed by atoms with Gasteiger partial charge in [-0.2, -0.15) is 5.10 Å². The molecule has 21 heavy (non-hydrogen) atoms. The van der Waals surface area contributed by atoms with Crippen molar-refractivity contribution in [2.75, 3.05) is 0 Å². The van der Waals surface area contributed by atoms with Gasteiger partial charge in [-0.25, -0.2) is 5.43 Å². The molecule has 0 atom stereocenters. The van der Waals surface area contributed by atoms with Crippen LogP contribution in [0.25, 0.3) is 0 Å². The zero-order chi connectivity index (χ0) is 15.3. The van der Waals surface area contributed by atoms with Crippen LogP contribution in [0.1, 0.15) is 42.3 Å². The molecule has 0 aliphatic heterocycles. The standard InChI is InChI=1S/C17H19N3O/c1-17(2,3)15-6-4-14(5-7-15)16(21)20-19-12-13-8-10-18-11-9-13/h4-12H,1-3H3,(H,20,21)/b19-12-. The van der Waals surface area contributed by atoms with Crippen LogP contribution in [0.2, 0.25) is 0 Å². The van der Waals surface area contributed by atoms with E-state index in [0.29, 0.717) is 5.56 Å². The van der Waals surface area contributed by atoms with E-state index in [0.717, 1.165) is 5.56 Å². The first-order chi connectivity index (χ1) is 9.97. The molecule has 0 bridgehead atoms. The predicted octanol–water partition coefficient (Wildman–Crippen LogP) is 3.14. The van der Waals surface area contributed by atoms with Gasteiger partial charge in [0, 0.05) is 18.0 Å². The molecule has 0 aliphatic rings. The molecule has 1 N–H and O–H groups in total. The summed E-state index contributed by atoms with van der Waals surface area (Å²) in [5, 5.41) is 3.94. The molecule has 0 radical (unpaired) electrons. The third-order valence-corrected chi connectivity index (χ3v) is 3.10. The summed E-state index contributed by atoms with van der Waals surface area (Å²) in [6.07, 6.45) is 4.94. The van der Waals surface area contributed by atoms with Gasteiger partial charge in [-0.1, -0.05) is 32.9 Å². The van der Waals surface area contributed by atoms with Crippen molar-refractivity contribution < 1.29 is 4.79 Å². The van der Waals surface area contributed by atoms with E-state index in [1.807, 2.05) is 36.4 Å². The molecule has 4 heteroatoms. The number of aromatic nitrogens is 1. The van der Waals surface area contributed by atoms with Crippen LogP contribution in [-0.4, -0.2) is 17.1 Å². The molecule has 0 saturated heterocycles. The average Bonchev–Trinajstić information content (AvgIpc) is 2.47.